The molecule has 0 saturated carbocycles. The zero-order chi connectivity index (χ0) is 18.3. The average Bonchev–Trinajstić information content (AvgIpc) is 3.25. The number of nitrogens with one attached hydrogen (secondary N) is 1. The van der Waals surface area contributed by atoms with Gasteiger partial charge in [-0.1, -0.05) is 24.3 Å². The molecule has 0 radical (unpaired) electrons. The molecule has 0 amide bonds. The first-order chi connectivity index (χ1) is 12.4. The maximum absolute atomic E-state index is 12.8. The van der Waals surface area contributed by atoms with Crippen molar-refractivity contribution in [3.05, 3.63) is 65.5 Å². The Balaban J connectivity index is 1.80. The fourth-order valence-corrected chi connectivity index (χ4v) is 2.72. The maximum Gasteiger partial charge on any atom is 0.451 e. The molecule has 0 saturated heterocycles. The summed E-state index contributed by atoms with van der Waals surface area (Å²) in [7, 11) is 0. The molecule has 1 aromatic carbocycles. The molecular formula is C17H13F3N6. The van der Waals surface area contributed by atoms with E-state index in [9.17, 15) is 13.2 Å². The van der Waals surface area contributed by atoms with Crippen molar-refractivity contribution in [3.63, 3.8) is 0 Å². The lowest BCUT2D eigenvalue weighted by molar-refractivity contribution is -0.144. The molecule has 4 aromatic rings. The number of H-pyrrole nitrogens is 1. The minimum Gasteiger partial charge on any atom is -0.303 e. The summed E-state index contributed by atoms with van der Waals surface area (Å²) in [6.07, 6.45) is 0.791. The summed E-state index contributed by atoms with van der Waals surface area (Å²) in [5.41, 5.74) is 3.68. The van der Waals surface area contributed by atoms with Crippen LogP contribution in [0.4, 0.5) is 13.2 Å². The van der Waals surface area contributed by atoms with Gasteiger partial charge in [0.15, 0.2) is 5.65 Å². The maximum atomic E-state index is 12.8. The van der Waals surface area contributed by atoms with Crippen LogP contribution in [0.3, 0.4) is 0 Å². The van der Waals surface area contributed by atoms with Crippen LogP contribution in [0.25, 0.3) is 17.2 Å². The summed E-state index contributed by atoms with van der Waals surface area (Å²) in [4.78, 5) is 12.3. The minimum atomic E-state index is -4.59. The van der Waals surface area contributed by atoms with Gasteiger partial charge in [-0.05, 0) is 18.1 Å². The van der Waals surface area contributed by atoms with E-state index in [-0.39, 0.29) is 11.5 Å². The van der Waals surface area contributed by atoms with Crippen LogP contribution in [0.2, 0.25) is 0 Å². The van der Waals surface area contributed by atoms with E-state index in [0.717, 1.165) is 11.1 Å². The Morgan fingerprint density at radius 2 is 1.96 bits per heavy atom. The second kappa shape index (κ2) is 5.94. The highest BCUT2D eigenvalue weighted by atomic mass is 19.4. The van der Waals surface area contributed by atoms with E-state index in [1.807, 2.05) is 36.3 Å². The van der Waals surface area contributed by atoms with Gasteiger partial charge < -0.3 is 4.40 Å². The molecule has 0 spiro atoms. The van der Waals surface area contributed by atoms with Crippen LogP contribution in [0.1, 0.15) is 22.6 Å². The van der Waals surface area contributed by atoms with Gasteiger partial charge in [0.1, 0.15) is 5.69 Å². The van der Waals surface area contributed by atoms with Crippen molar-refractivity contribution in [2.75, 3.05) is 0 Å². The van der Waals surface area contributed by atoms with Crippen molar-refractivity contribution in [1.29, 1.82) is 0 Å². The van der Waals surface area contributed by atoms with Crippen molar-refractivity contribution < 1.29 is 13.2 Å². The second-order valence-corrected chi connectivity index (χ2v) is 5.84. The molecule has 0 aliphatic rings. The molecule has 0 bridgehead atoms. The molecule has 26 heavy (non-hydrogen) atoms. The van der Waals surface area contributed by atoms with Crippen molar-refractivity contribution >= 4 is 5.65 Å². The molecule has 0 unspecified atom stereocenters. The highest BCUT2D eigenvalue weighted by Gasteiger charge is 2.35. The number of halogens is 3. The quantitative estimate of drug-likeness (QED) is 0.609. The fourth-order valence-electron chi connectivity index (χ4n) is 2.72. The topological polar surface area (TPSA) is 71.8 Å². The molecule has 3 heterocycles. The largest absolute Gasteiger partial charge is 0.451 e. The van der Waals surface area contributed by atoms with E-state index in [1.165, 1.54) is 0 Å². The highest BCUT2D eigenvalue weighted by Crippen LogP contribution is 2.27. The van der Waals surface area contributed by atoms with Gasteiger partial charge in [0.05, 0.1) is 5.69 Å². The summed E-state index contributed by atoms with van der Waals surface area (Å²) in [6.45, 7) is 1.99. The van der Waals surface area contributed by atoms with Crippen LogP contribution in [0, 0.1) is 6.92 Å². The summed E-state index contributed by atoms with van der Waals surface area (Å²) >= 11 is 0. The van der Waals surface area contributed by atoms with Crippen LogP contribution in [-0.4, -0.2) is 29.5 Å². The first kappa shape index (κ1) is 16.2. The zero-order valence-electron chi connectivity index (χ0n) is 13.6. The smallest absolute Gasteiger partial charge is 0.303 e. The number of hydrogen-bond donors (Lipinski definition) is 1. The monoisotopic (exact) mass is 358 g/mol. The number of alkyl halides is 3. The van der Waals surface area contributed by atoms with Gasteiger partial charge in [-0.2, -0.15) is 18.3 Å². The summed E-state index contributed by atoms with van der Waals surface area (Å²) in [5.74, 6) is -1.26. The Morgan fingerprint density at radius 1 is 1.15 bits per heavy atom. The van der Waals surface area contributed by atoms with Crippen molar-refractivity contribution in [2.24, 2.45) is 0 Å². The molecular weight excluding hydrogens is 345 g/mol. The summed E-state index contributed by atoms with van der Waals surface area (Å²) in [6, 6.07) is 7.85. The number of rotatable bonds is 3. The molecule has 0 fully saturated rings. The van der Waals surface area contributed by atoms with Gasteiger partial charge in [-0.15, -0.1) is 0 Å². The van der Waals surface area contributed by atoms with E-state index < -0.39 is 12.0 Å². The van der Waals surface area contributed by atoms with Crippen LogP contribution in [0.15, 0.2) is 42.9 Å². The molecule has 0 atom stereocenters. The summed E-state index contributed by atoms with van der Waals surface area (Å²) in [5, 5.41) is 5.57. The molecule has 0 aliphatic carbocycles. The number of fused-ring (bicyclic) bond motifs is 1. The molecule has 1 N–H and O–H groups in total. The van der Waals surface area contributed by atoms with Crippen LogP contribution >= 0.6 is 0 Å². The Morgan fingerprint density at radius 3 is 2.69 bits per heavy atom. The number of hydrogen-bond acceptors (Lipinski definition) is 4. The Labute approximate surface area is 145 Å². The SMILES string of the molecule is Cc1ccccc1Cc1nc(-c2n[nH]c(C(F)(F)F)n2)cn2ccnc12. The van der Waals surface area contributed by atoms with Crippen molar-refractivity contribution in [1.82, 2.24) is 29.5 Å². The van der Waals surface area contributed by atoms with Gasteiger partial charge in [0, 0.05) is 25.0 Å². The van der Waals surface area contributed by atoms with E-state index in [1.54, 1.807) is 23.0 Å². The summed E-state index contributed by atoms with van der Waals surface area (Å²) < 4.78 is 40.0. The standard InChI is InChI=1S/C17H13F3N6/c1-10-4-2-3-5-11(10)8-12-15-21-6-7-26(15)9-13(22-12)14-23-16(25-24-14)17(18,19)20/h2-7,9H,8H2,1H3,(H,23,24,25). The molecule has 132 valence electrons. The number of aryl methyl sites for hydroxylation is 1. The lowest BCUT2D eigenvalue weighted by atomic mass is 10.0. The fraction of sp³-hybridized carbons (Fsp3) is 0.176. The molecule has 9 heteroatoms. The third kappa shape index (κ3) is 2.92. The second-order valence-electron chi connectivity index (χ2n) is 5.84. The van der Waals surface area contributed by atoms with Crippen molar-refractivity contribution in [3.8, 4) is 11.5 Å². The molecule has 6 nitrogen and oxygen atoms in total. The lowest BCUT2D eigenvalue weighted by Gasteiger charge is -2.08. The van der Waals surface area contributed by atoms with Crippen LogP contribution in [0.5, 0.6) is 0 Å². The van der Waals surface area contributed by atoms with E-state index in [4.69, 9.17) is 0 Å². The van der Waals surface area contributed by atoms with Gasteiger partial charge in [0.2, 0.25) is 11.6 Å². The van der Waals surface area contributed by atoms with E-state index in [0.29, 0.717) is 17.8 Å². The highest BCUT2D eigenvalue weighted by molar-refractivity contribution is 5.55. The third-order valence-electron chi connectivity index (χ3n) is 4.05. The first-order valence-corrected chi connectivity index (χ1v) is 7.79. The average molecular weight is 358 g/mol. The lowest BCUT2D eigenvalue weighted by Crippen LogP contribution is -2.07. The Bertz CT molecular complexity index is 1080. The molecule has 3 aromatic heterocycles. The Kier molecular flexibility index (Phi) is 3.71. The minimum absolute atomic E-state index is 0.112. The van der Waals surface area contributed by atoms with Gasteiger partial charge >= 0.3 is 6.18 Å². The molecule has 4 rings (SSSR count). The first-order valence-electron chi connectivity index (χ1n) is 7.79. The van der Waals surface area contributed by atoms with Gasteiger partial charge in [0.25, 0.3) is 0 Å². The number of nitrogens with zero attached hydrogens (tertiary/aromatic N) is 5. The van der Waals surface area contributed by atoms with E-state index >= 15 is 0 Å². The van der Waals surface area contributed by atoms with Crippen LogP contribution in [-0.2, 0) is 12.6 Å². The third-order valence-corrected chi connectivity index (χ3v) is 4.05. The molecule has 0 aliphatic heterocycles. The van der Waals surface area contributed by atoms with E-state index in [2.05, 4.69) is 20.1 Å². The normalized spacial score (nSPS) is 12.0. The number of aromatic nitrogens is 6. The predicted molar refractivity (Wildman–Crippen MR) is 87.4 cm³/mol. The zero-order valence-corrected chi connectivity index (χ0v) is 13.6. The number of aromatic amines is 1. The number of imidazole rings is 1. The van der Waals surface area contributed by atoms with Crippen molar-refractivity contribution in [2.45, 2.75) is 19.5 Å². The number of benzene rings is 1. The Hall–Kier alpha value is -3.23. The predicted octanol–water partition coefficient (Wildman–Crippen LogP) is 3.43. The van der Waals surface area contributed by atoms with Crippen LogP contribution < -0.4 is 0 Å². The van der Waals surface area contributed by atoms with Gasteiger partial charge in [-0.25, -0.2) is 15.0 Å². The van der Waals surface area contributed by atoms with Gasteiger partial charge in [-0.3, -0.25) is 5.10 Å².